The van der Waals surface area contributed by atoms with Gasteiger partial charge in [-0.25, -0.2) is 9.97 Å². The molecule has 2 heterocycles. The van der Waals surface area contributed by atoms with Crippen molar-refractivity contribution < 1.29 is 0 Å². The van der Waals surface area contributed by atoms with Gasteiger partial charge in [0, 0.05) is 17.0 Å². The predicted molar refractivity (Wildman–Crippen MR) is 80.1 cm³/mol. The molecule has 0 aliphatic carbocycles. The van der Waals surface area contributed by atoms with Crippen LogP contribution in [0.4, 0.5) is 11.5 Å². The number of nitrogens with one attached hydrogen (secondary N) is 1. The minimum atomic E-state index is 0.423. The fraction of sp³-hybridized carbons (Fsp3) is 0. The smallest absolute Gasteiger partial charge is 0.163 e. The Hall–Kier alpha value is -1.91. The maximum absolute atomic E-state index is 6.05. The average Bonchev–Trinajstić information content (AvgIpc) is 2.92. The number of anilines is 2. The molecule has 0 saturated heterocycles. The highest BCUT2D eigenvalue weighted by Gasteiger charge is 2.06. The van der Waals surface area contributed by atoms with Gasteiger partial charge in [-0.3, -0.25) is 0 Å². The molecule has 0 unspecified atom stereocenters. The van der Waals surface area contributed by atoms with Gasteiger partial charge in [0.2, 0.25) is 0 Å². The molecule has 3 nitrogen and oxygen atoms in total. The zero-order chi connectivity index (χ0) is 13.1. The number of hydrogen-bond acceptors (Lipinski definition) is 4. The zero-order valence-electron chi connectivity index (χ0n) is 9.88. The van der Waals surface area contributed by atoms with E-state index in [1.807, 2.05) is 47.2 Å². The lowest BCUT2D eigenvalue weighted by Crippen LogP contribution is -1.96. The molecule has 3 aromatic rings. The van der Waals surface area contributed by atoms with Gasteiger partial charge in [0.05, 0.1) is 5.69 Å². The summed E-state index contributed by atoms with van der Waals surface area (Å²) < 4.78 is 0. The Morgan fingerprint density at radius 1 is 1.05 bits per heavy atom. The van der Waals surface area contributed by atoms with E-state index < -0.39 is 0 Å². The minimum Gasteiger partial charge on any atom is -0.339 e. The summed E-state index contributed by atoms with van der Waals surface area (Å²) >= 11 is 7.68. The molecule has 1 aromatic carbocycles. The SMILES string of the molecule is Clc1cc(Nc2ccsc2)nc(-c2ccccc2)n1. The van der Waals surface area contributed by atoms with Crippen LogP contribution in [0.3, 0.4) is 0 Å². The van der Waals surface area contributed by atoms with Crippen molar-refractivity contribution >= 4 is 34.4 Å². The third-order valence-corrected chi connectivity index (χ3v) is 3.40. The molecular weight excluding hydrogens is 278 g/mol. The average molecular weight is 288 g/mol. The molecule has 0 saturated carbocycles. The Balaban J connectivity index is 1.97. The highest BCUT2D eigenvalue weighted by molar-refractivity contribution is 7.08. The molecule has 0 radical (unpaired) electrons. The molecular formula is C14H10ClN3S. The van der Waals surface area contributed by atoms with Gasteiger partial charge in [0.15, 0.2) is 5.82 Å². The van der Waals surface area contributed by atoms with Crippen molar-refractivity contribution in [3.05, 3.63) is 58.4 Å². The highest BCUT2D eigenvalue weighted by Crippen LogP contribution is 2.23. The molecule has 0 amide bonds. The zero-order valence-corrected chi connectivity index (χ0v) is 11.4. The first-order chi connectivity index (χ1) is 9.31. The fourth-order valence-corrected chi connectivity index (χ4v) is 2.45. The van der Waals surface area contributed by atoms with Crippen molar-refractivity contribution in [2.75, 3.05) is 5.32 Å². The summed E-state index contributed by atoms with van der Waals surface area (Å²) in [7, 11) is 0. The van der Waals surface area contributed by atoms with Crippen LogP contribution < -0.4 is 5.32 Å². The molecule has 5 heteroatoms. The Morgan fingerprint density at radius 2 is 1.89 bits per heavy atom. The first-order valence-corrected chi connectivity index (χ1v) is 7.02. The quantitative estimate of drug-likeness (QED) is 0.715. The normalized spacial score (nSPS) is 10.4. The van der Waals surface area contributed by atoms with E-state index in [1.54, 1.807) is 17.4 Å². The maximum atomic E-state index is 6.05. The van der Waals surface area contributed by atoms with E-state index in [4.69, 9.17) is 11.6 Å². The van der Waals surface area contributed by atoms with Crippen molar-refractivity contribution in [1.82, 2.24) is 9.97 Å². The summed E-state index contributed by atoms with van der Waals surface area (Å²) in [5.41, 5.74) is 1.94. The van der Waals surface area contributed by atoms with Gasteiger partial charge in [0.25, 0.3) is 0 Å². The Morgan fingerprint density at radius 3 is 2.63 bits per heavy atom. The van der Waals surface area contributed by atoms with E-state index in [-0.39, 0.29) is 0 Å². The highest BCUT2D eigenvalue weighted by atomic mass is 35.5. The summed E-state index contributed by atoms with van der Waals surface area (Å²) in [6.45, 7) is 0. The van der Waals surface area contributed by atoms with Crippen molar-refractivity contribution in [3.8, 4) is 11.4 Å². The molecule has 1 N–H and O–H groups in total. The van der Waals surface area contributed by atoms with Crippen LogP contribution >= 0.6 is 22.9 Å². The van der Waals surface area contributed by atoms with Crippen molar-refractivity contribution in [3.63, 3.8) is 0 Å². The predicted octanol–water partition coefficient (Wildman–Crippen LogP) is 4.60. The van der Waals surface area contributed by atoms with E-state index in [9.17, 15) is 0 Å². The Bertz CT molecular complexity index is 668. The van der Waals surface area contributed by atoms with Crippen molar-refractivity contribution in [2.45, 2.75) is 0 Å². The number of halogens is 1. The molecule has 0 aliphatic rings. The van der Waals surface area contributed by atoms with Crippen LogP contribution in [0, 0.1) is 0 Å². The summed E-state index contributed by atoms with van der Waals surface area (Å²) in [6.07, 6.45) is 0. The van der Waals surface area contributed by atoms with Crippen LogP contribution in [0.25, 0.3) is 11.4 Å². The molecule has 3 rings (SSSR count). The molecule has 94 valence electrons. The van der Waals surface area contributed by atoms with E-state index in [2.05, 4.69) is 15.3 Å². The third-order valence-electron chi connectivity index (χ3n) is 2.52. The van der Waals surface area contributed by atoms with E-state index in [1.165, 1.54) is 0 Å². The number of thiophene rings is 1. The van der Waals surface area contributed by atoms with Crippen LogP contribution in [-0.2, 0) is 0 Å². The lowest BCUT2D eigenvalue weighted by atomic mass is 10.2. The first-order valence-electron chi connectivity index (χ1n) is 5.70. The first kappa shape index (κ1) is 12.1. The summed E-state index contributed by atoms with van der Waals surface area (Å²) in [6, 6.07) is 13.5. The number of rotatable bonds is 3. The number of nitrogens with zero attached hydrogens (tertiary/aromatic N) is 2. The fourth-order valence-electron chi connectivity index (χ4n) is 1.68. The number of aromatic nitrogens is 2. The molecule has 2 aromatic heterocycles. The molecule has 19 heavy (non-hydrogen) atoms. The maximum Gasteiger partial charge on any atom is 0.163 e. The summed E-state index contributed by atoms with van der Waals surface area (Å²) in [4.78, 5) is 8.73. The lowest BCUT2D eigenvalue weighted by Gasteiger charge is -2.06. The lowest BCUT2D eigenvalue weighted by molar-refractivity contribution is 1.18. The van der Waals surface area contributed by atoms with E-state index in [0.717, 1.165) is 11.3 Å². The van der Waals surface area contributed by atoms with Gasteiger partial charge in [-0.2, -0.15) is 11.3 Å². The molecule has 0 spiro atoms. The van der Waals surface area contributed by atoms with Gasteiger partial charge in [0.1, 0.15) is 11.0 Å². The second kappa shape index (κ2) is 5.38. The molecule has 0 fully saturated rings. The van der Waals surface area contributed by atoms with Gasteiger partial charge < -0.3 is 5.32 Å². The van der Waals surface area contributed by atoms with E-state index in [0.29, 0.717) is 16.8 Å². The second-order valence-electron chi connectivity index (χ2n) is 3.90. The topological polar surface area (TPSA) is 37.8 Å². The molecule has 0 atom stereocenters. The van der Waals surface area contributed by atoms with Crippen molar-refractivity contribution in [2.24, 2.45) is 0 Å². The van der Waals surface area contributed by atoms with Gasteiger partial charge >= 0.3 is 0 Å². The van der Waals surface area contributed by atoms with Crippen LogP contribution in [0.5, 0.6) is 0 Å². The third kappa shape index (κ3) is 2.92. The Labute approximate surface area is 119 Å². The second-order valence-corrected chi connectivity index (χ2v) is 5.07. The van der Waals surface area contributed by atoms with E-state index >= 15 is 0 Å². The molecule has 0 bridgehead atoms. The minimum absolute atomic E-state index is 0.423. The largest absolute Gasteiger partial charge is 0.339 e. The van der Waals surface area contributed by atoms with Crippen LogP contribution in [0.1, 0.15) is 0 Å². The number of hydrogen-bond donors (Lipinski definition) is 1. The standard InChI is InChI=1S/C14H10ClN3S/c15-12-8-13(16-11-6-7-19-9-11)18-14(17-12)10-4-2-1-3-5-10/h1-9H,(H,16,17,18). The molecule has 0 aliphatic heterocycles. The Kier molecular flexibility index (Phi) is 3.44. The van der Waals surface area contributed by atoms with Gasteiger partial charge in [-0.1, -0.05) is 41.9 Å². The van der Waals surface area contributed by atoms with Crippen molar-refractivity contribution in [1.29, 1.82) is 0 Å². The number of benzene rings is 1. The summed E-state index contributed by atoms with van der Waals surface area (Å²) in [5, 5.41) is 7.65. The van der Waals surface area contributed by atoms with Gasteiger partial charge in [-0.05, 0) is 11.4 Å². The van der Waals surface area contributed by atoms with Crippen LogP contribution in [-0.4, -0.2) is 9.97 Å². The summed E-state index contributed by atoms with van der Waals surface area (Å²) in [5.74, 6) is 1.31. The monoisotopic (exact) mass is 287 g/mol. The van der Waals surface area contributed by atoms with Crippen LogP contribution in [0.15, 0.2) is 53.2 Å². The van der Waals surface area contributed by atoms with Crippen LogP contribution in [0.2, 0.25) is 5.15 Å². The van der Waals surface area contributed by atoms with Gasteiger partial charge in [-0.15, -0.1) is 0 Å².